The van der Waals surface area contributed by atoms with Crippen LogP contribution in [0.1, 0.15) is 52.5 Å². The maximum Gasteiger partial charge on any atom is 0.255 e. The molecule has 26 heavy (non-hydrogen) atoms. The maximum absolute atomic E-state index is 12.8. The third-order valence-electron chi connectivity index (χ3n) is 4.97. The molecule has 2 aromatic rings. The summed E-state index contributed by atoms with van der Waals surface area (Å²) in [6.07, 6.45) is 4.52. The molecule has 1 aromatic carbocycles. The molecular weight excluding hydrogens is 326 g/mol. The first-order valence-corrected chi connectivity index (χ1v) is 9.26. The minimum absolute atomic E-state index is 0.0428. The Kier molecular flexibility index (Phi) is 5.45. The van der Waals surface area contributed by atoms with Crippen molar-refractivity contribution in [1.82, 2.24) is 14.4 Å². The van der Waals surface area contributed by atoms with Crippen LogP contribution in [0, 0.1) is 0 Å². The Bertz CT molecular complexity index is 777. The Hall–Kier alpha value is -2.56. The van der Waals surface area contributed by atoms with Gasteiger partial charge in [0.15, 0.2) is 0 Å². The molecule has 1 aromatic heterocycles. The van der Waals surface area contributed by atoms with Crippen LogP contribution in [0.25, 0.3) is 0 Å². The summed E-state index contributed by atoms with van der Waals surface area (Å²) in [6.45, 7) is 6.80. The molecule has 0 unspecified atom stereocenters. The summed E-state index contributed by atoms with van der Waals surface area (Å²) >= 11 is 0. The van der Waals surface area contributed by atoms with Crippen LogP contribution in [0.5, 0.6) is 0 Å². The van der Waals surface area contributed by atoms with Gasteiger partial charge in [0.25, 0.3) is 11.8 Å². The Morgan fingerprint density at radius 3 is 1.92 bits per heavy atom. The number of rotatable bonds is 3. The minimum Gasteiger partial charge on any atom is -0.356 e. The maximum atomic E-state index is 12.8. The van der Waals surface area contributed by atoms with Gasteiger partial charge < -0.3 is 14.4 Å². The van der Waals surface area contributed by atoms with Gasteiger partial charge in [-0.25, -0.2) is 0 Å². The molecule has 0 atom stereocenters. The first kappa shape index (κ1) is 18.2. The number of amides is 2. The second kappa shape index (κ2) is 7.77. The van der Waals surface area contributed by atoms with Crippen molar-refractivity contribution in [1.29, 1.82) is 0 Å². The van der Waals surface area contributed by atoms with E-state index in [1.54, 1.807) is 0 Å². The Morgan fingerprint density at radius 1 is 0.846 bits per heavy atom. The van der Waals surface area contributed by atoms with Crippen molar-refractivity contribution in [2.45, 2.75) is 26.2 Å². The van der Waals surface area contributed by atoms with Gasteiger partial charge in [-0.1, -0.05) is 26.0 Å². The Labute approximate surface area is 155 Å². The molecule has 0 N–H and O–H groups in total. The van der Waals surface area contributed by atoms with Gasteiger partial charge in [0.05, 0.1) is 5.56 Å². The van der Waals surface area contributed by atoms with E-state index in [4.69, 9.17) is 0 Å². The fourth-order valence-corrected chi connectivity index (χ4v) is 3.33. The number of carbonyl (C=O) groups is 2. The molecular formula is C21H27N3O2. The highest BCUT2D eigenvalue weighted by molar-refractivity contribution is 5.95. The molecule has 1 saturated heterocycles. The summed E-state index contributed by atoms with van der Waals surface area (Å²) in [5, 5.41) is 0. The van der Waals surface area contributed by atoms with Crippen molar-refractivity contribution < 1.29 is 9.59 Å². The van der Waals surface area contributed by atoms with Gasteiger partial charge >= 0.3 is 0 Å². The van der Waals surface area contributed by atoms with Crippen LogP contribution >= 0.6 is 0 Å². The first-order valence-electron chi connectivity index (χ1n) is 9.26. The van der Waals surface area contributed by atoms with Gasteiger partial charge in [-0.3, -0.25) is 9.59 Å². The SMILES string of the molecule is CC(C)c1ccc(C(=O)N2CCCN(C(=O)c3ccn(C)c3)CC2)cc1. The van der Waals surface area contributed by atoms with Crippen LogP contribution in [-0.4, -0.2) is 52.4 Å². The van der Waals surface area contributed by atoms with E-state index < -0.39 is 0 Å². The lowest BCUT2D eigenvalue weighted by Gasteiger charge is -2.22. The Balaban J connectivity index is 1.64. The Morgan fingerprint density at radius 2 is 1.42 bits per heavy atom. The normalized spacial score (nSPS) is 15.2. The van der Waals surface area contributed by atoms with Crippen LogP contribution in [0.2, 0.25) is 0 Å². The van der Waals surface area contributed by atoms with Crippen LogP contribution in [0.4, 0.5) is 0 Å². The van der Waals surface area contributed by atoms with E-state index in [-0.39, 0.29) is 11.8 Å². The molecule has 3 rings (SSSR count). The number of aryl methyl sites for hydroxylation is 1. The van der Waals surface area contributed by atoms with E-state index in [1.807, 2.05) is 64.1 Å². The quantitative estimate of drug-likeness (QED) is 0.851. The summed E-state index contributed by atoms with van der Waals surface area (Å²) in [4.78, 5) is 29.1. The minimum atomic E-state index is 0.0428. The van der Waals surface area contributed by atoms with Crippen LogP contribution in [0.15, 0.2) is 42.7 Å². The molecule has 1 fully saturated rings. The van der Waals surface area contributed by atoms with Gasteiger partial charge in [-0.2, -0.15) is 0 Å². The molecule has 1 aliphatic rings. The molecule has 1 aliphatic heterocycles. The number of hydrogen-bond acceptors (Lipinski definition) is 2. The van der Waals surface area contributed by atoms with Gasteiger partial charge in [-0.15, -0.1) is 0 Å². The first-order chi connectivity index (χ1) is 12.5. The van der Waals surface area contributed by atoms with E-state index in [0.29, 0.717) is 37.7 Å². The highest BCUT2D eigenvalue weighted by atomic mass is 16.2. The largest absolute Gasteiger partial charge is 0.356 e. The van der Waals surface area contributed by atoms with Crippen molar-refractivity contribution in [3.8, 4) is 0 Å². The second-order valence-electron chi connectivity index (χ2n) is 7.28. The molecule has 0 bridgehead atoms. The summed E-state index contributed by atoms with van der Waals surface area (Å²) in [5.41, 5.74) is 2.66. The zero-order valence-electron chi connectivity index (χ0n) is 15.8. The standard InChI is InChI=1S/C21H27N3O2/c1-16(2)17-5-7-18(8-6-17)20(25)23-10-4-11-24(14-13-23)21(26)19-9-12-22(3)15-19/h5-9,12,15-16H,4,10-11,13-14H2,1-3H3. The predicted molar refractivity (Wildman–Crippen MR) is 102 cm³/mol. The highest BCUT2D eigenvalue weighted by Gasteiger charge is 2.23. The molecule has 0 spiro atoms. The molecule has 2 amide bonds. The molecule has 5 heteroatoms. The fraction of sp³-hybridized carbons (Fsp3) is 0.429. The number of hydrogen-bond donors (Lipinski definition) is 0. The van der Waals surface area contributed by atoms with Crippen LogP contribution < -0.4 is 0 Å². The van der Waals surface area contributed by atoms with Gasteiger partial charge in [0.1, 0.15) is 0 Å². The van der Waals surface area contributed by atoms with Crippen LogP contribution in [-0.2, 0) is 7.05 Å². The van der Waals surface area contributed by atoms with E-state index >= 15 is 0 Å². The zero-order valence-corrected chi connectivity index (χ0v) is 15.8. The molecule has 5 nitrogen and oxygen atoms in total. The summed E-state index contributed by atoms with van der Waals surface area (Å²) in [7, 11) is 1.91. The predicted octanol–water partition coefficient (Wildman–Crippen LogP) is 3.14. The third-order valence-corrected chi connectivity index (χ3v) is 4.97. The lowest BCUT2D eigenvalue weighted by Crippen LogP contribution is -2.37. The molecule has 0 aliphatic carbocycles. The van der Waals surface area contributed by atoms with Crippen molar-refractivity contribution in [2.75, 3.05) is 26.2 Å². The summed E-state index contributed by atoms with van der Waals surface area (Å²) in [5.74, 6) is 0.547. The van der Waals surface area contributed by atoms with Gasteiger partial charge in [0.2, 0.25) is 0 Å². The molecule has 138 valence electrons. The van der Waals surface area contributed by atoms with E-state index in [1.165, 1.54) is 5.56 Å². The van der Waals surface area contributed by atoms with Crippen LogP contribution in [0.3, 0.4) is 0 Å². The number of nitrogens with zero attached hydrogens (tertiary/aromatic N) is 3. The van der Waals surface area contributed by atoms with Gasteiger partial charge in [-0.05, 0) is 36.1 Å². The monoisotopic (exact) mass is 353 g/mol. The number of benzene rings is 1. The van der Waals surface area contributed by atoms with Crippen molar-refractivity contribution >= 4 is 11.8 Å². The van der Waals surface area contributed by atoms with Gasteiger partial charge in [0, 0.05) is 51.2 Å². The molecule has 2 heterocycles. The van der Waals surface area contributed by atoms with E-state index in [2.05, 4.69) is 13.8 Å². The third kappa shape index (κ3) is 3.98. The molecule has 0 saturated carbocycles. The summed E-state index contributed by atoms with van der Waals surface area (Å²) < 4.78 is 1.88. The lowest BCUT2D eigenvalue weighted by molar-refractivity contribution is 0.0719. The second-order valence-corrected chi connectivity index (χ2v) is 7.28. The zero-order chi connectivity index (χ0) is 18.7. The topological polar surface area (TPSA) is 45.6 Å². The molecule has 0 radical (unpaired) electrons. The number of aromatic nitrogens is 1. The lowest BCUT2D eigenvalue weighted by atomic mass is 10.0. The average molecular weight is 353 g/mol. The smallest absolute Gasteiger partial charge is 0.255 e. The average Bonchev–Trinajstić information content (AvgIpc) is 2.93. The van der Waals surface area contributed by atoms with E-state index in [9.17, 15) is 9.59 Å². The van der Waals surface area contributed by atoms with Crippen molar-refractivity contribution in [3.63, 3.8) is 0 Å². The number of carbonyl (C=O) groups excluding carboxylic acids is 2. The fourth-order valence-electron chi connectivity index (χ4n) is 3.33. The van der Waals surface area contributed by atoms with Crippen molar-refractivity contribution in [3.05, 3.63) is 59.4 Å². The highest BCUT2D eigenvalue weighted by Crippen LogP contribution is 2.17. The summed E-state index contributed by atoms with van der Waals surface area (Å²) in [6, 6.07) is 9.72. The van der Waals surface area contributed by atoms with E-state index in [0.717, 1.165) is 12.0 Å². The van der Waals surface area contributed by atoms with Crippen molar-refractivity contribution in [2.24, 2.45) is 7.05 Å².